The monoisotopic (exact) mass is 806 g/mol. The summed E-state index contributed by atoms with van der Waals surface area (Å²) >= 11 is 0. The van der Waals surface area contributed by atoms with Gasteiger partial charge in [-0.2, -0.15) is 0 Å². The van der Waals surface area contributed by atoms with Crippen LogP contribution in [-0.2, 0) is 10.8 Å². The lowest BCUT2D eigenvalue weighted by molar-refractivity contribution is 0.481. The number of aryl methyl sites for hydroxylation is 4. The summed E-state index contributed by atoms with van der Waals surface area (Å²) in [7, 11) is 0. The zero-order valence-electron chi connectivity index (χ0n) is 36.0. The number of rotatable bonds is 6. The minimum absolute atomic E-state index is 0.497. The number of hydrogen-bond acceptors (Lipinski definition) is 1. The Bertz CT molecular complexity index is 3140. The predicted octanol–water partition coefficient (Wildman–Crippen LogP) is 15.7. The average molecular weight is 807 g/mol. The molecular formula is C62H46O. The van der Waals surface area contributed by atoms with Crippen LogP contribution < -0.4 is 4.74 Å². The van der Waals surface area contributed by atoms with Gasteiger partial charge in [-0.05, 0) is 175 Å². The number of fused-ring (bicyclic) bond motifs is 8. The zero-order valence-corrected chi connectivity index (χ0v) is 36.0. The largest absolute Gasteiger partial charge is 0.457 e. The molecule has 63 heavy (non-hydrogen) atoms. The van der Waals surface area contributed by atoms with Crippen molar-refractivity contribution in [1.82, 2.24) is 0 Å². The fourth-order valence-corrected chi connectivity index (χ4v) is 11.2. The first-order valence-electron chi connectivity index (χ1n) is 22.1. The molecule has 1 heteroatoms. The molecule has 0 radical (unpaired) electrons. The smallest absolute Gasteiger partial charge is 0.127 e. The number of hydrogen-bond donors (Lipinski definition) is 0. The standard InChI is InChI=1S/C62H46O/c1-39-33-43-21-23-49(37-45(43)35-41(39)3)61(57-17-9-5-13-53(57)54-14-6-10-18-58(54)61)47-25-29-51(30-26-47)63-52-31-27-48(28-32-52)62(50-24-22-44-34-40(2)42(4)36-46(44)38-50)59-19-11-7-15-55(59)56-16-8-12-20-60(56)62/h5-38H,1-4H3. The van der Waals surface area contributed by atoms with Crippen LogP contribution in [0.1, 0.15) is 66.8 Å². The van der Waals surface area contributed by atoms with Gasteiger partial charge in [-0.15, -0.1) is 0 Å². The first-order chi connectivity index (χ1) is 30.8. The summed E-state index contributed by atoms with van der Waals surface area (Å²) < 4.78 is 6.73. The van der Waals surface area contributed by atoms with Crippen LogP contribution in [0.3, 0.4) is 0 Å². The molecule has 0 fully saturated rings. The summed E-state index contributed by atoms with van der Waals surface area (Å²) in [5, 5.41) is 5.05. The molecule has 2 aliphatic rings. The topological polar surface area (TPSA) is 9.23 Å². The fraction of sp³-hybridized carbons (Fsp3) is 0.0968. The third kappa shape index (κ3) is 5.42. The maximum atomic E-state index is 6.73. The van der Waals surface area contributed by atoms with E-state index in [0.717, 1.165) is 11.5 Å². The van der Waals surface area contributed by atoms with Gasteiger partial charge in [-0.3, -0.25) is 0 Å². The van der Waals surface area contributed by atoms with E-state index in [1.807, 2.05) is 0 Å². The molecule has 0 unspecified atom stereocenters. The van der Waals surface area contributed by atoms with E-state index in [1.54, 1.807) is 0 Å². The van der Waals surface area contributed by atoms with Crippen molar-refractivity contribution >= 4 is 21.5 Å². The van der Waals surface area contributed by atoms with Crippen LogP contribution in [0.25, 0.3) is 43.8 Å². The Morgan fingerprint density at radius 3 is 0.889 bits per heavy atom. The van der Waals surface area contributed by atoms with Crippen molar-refractivity contribution in [3.63, 3.8) is 0 Å². The normalized spacial score (nSPS) is 14.0. The second-order valence-electron chi connectivity index (χ2n) is 17.8. The van der Waals surface area contributed by atoms with Gasteiger partial charge in [0.25, 0.3) is 0 Å². The average Bonchev–Trinajstić information content (AvgIpc) is 3.79. The van der Waals surface area contributed by atoms with Crippen molar-refractivity contribution in [3.8, 4) is 33.8 Å². The molecule has 0 heterocycles. The second kappa shape index (κ2) is 14.0. The summed E-state index contributed by atoms with van der Waals surface area (Å²) in [4.78, 5) is 0. The highest BCUT2D eigenvalue weighted by Gasteiger charge is 2.47. The van der Waals surface area contributed by atoms with E-state index in [1.165, 1.54) is 111 Å². The summed E-state index contributed by atoms with van der Waals surface area (Å²) in [5.41, 5.74) is 19.6. The maximum absolute atomic E-state index is 6.73. The fourth-order valence-electron chi connectivity index (χ4n) is 11.2. The highest BCUT2D eigenvalue weighted by Crippen LogP contribution is 2.58. The Labute approximate surface area is 369 Å². The molecule has 12 rings (SSSR count). The summed E-state index contributed by atoms with van der Waals surface area (Å²) in [6.07, 6.45) is 0. The summed E-state index contributed by atoms with van der Waals surface area (Å²) in [6.45, 7) is 8.81. The minimum atomic E-state index is -0.497. The van der Waals surface area contributed by atoms with Gasteiger partial charge < -0.3 is 4.74 Å². The Hall–Kier alpha value is -7.48. The SMILES string of the molecule is Cc1cc2ccc(C3(c4ccc(Oc5ccc(C6(c7ccc8cc(C)c(C)cc8c7)c7ccccc7-c7ccccc76)cc5)cc4)c4ccccc4-c4ccccc43)cc2cc1C. The van der Waals surface area contributed by atoms with E-state index in [4.69, 9.17) is 4.74 Å². The minimum Gasteiger partial charge on any atom is -0.457 e. The molecule has 300 valence electrons. The van der Waals surface area contributed by atoms with Crippen molar-refractivity contribution in [2.24, 2.45) is 0 Å². The molecule has 10 aromatic carbocycles. The van der Waals surface area contributed by atoms with E-state index in [0.29, 0.717) is 0 Å². The van der Waals surface area contributed by atoms with Gasteiger partial charge in [0.15, 0.2) is 0 Å². The van der Waals surface area contributed by atoms with E-state index >= 15 is 0 Å². The molecule has 10 aromatic rings. The predicted molar refractivity (Wildman–Crippen MR) is 262 cm³/mol. The van der Waals surface area contributed by atoms with Gasteiger partial charge in [0, 0.05) is 0 Å². The van der Waals surface area contributed by atoms with Gasteiger partial charge >= 0.3 is 0 Å². The summed E-state index contributed by atoms with van der Waals surface area (Å²) in [5.74, 6) is 1.61. The van der Waals surface area contributed by atoms with E-state index in [9.17, 15) is 0 Å². The Kier molecular flexibility index (Phi) is 8.30. The first-order valence-corrected chi connectivity index (χ1v) is 22.1. The molecule has 0 aromatic heterocycles. The van der Waals surface area contributed by atoms with Gasteiger partial charge in [0.05, 0.1) is 10.8 Å². The van der Waals surface area contributed by atoms with E-state index in [-0.39, 0.29) is 0 Å². The van der Waals surface area contributed by atoms with Gasteiger partial charge in [0.1, 0.15) is 11.5 Å². The Balaban J connectivity index is 0.953. The molecule has 1 nitrogen and oxygen atoms in total. The third-order valence-corrected chi connectivity index (χ3v) is 14.5. The lowest BCUT2D eigenvalue weighted by atomic mass is 9.67. The number of benzene rings is 10. The van der Waals surface area contributed by atoms with Gasteiger partial charge in [0.2, 0.25) is 0 Å². The van der Waals surface area contributed by atoms with E-state index in [2.05, 4.69) is 234 Å². The maximum Gasteiger partial charge on any atom is 0.127 e. The van der Waals surface area contributed by atoms with Crippen molar-refractivity contribution in [3.05, 3.63) is 273 Å². The number of ether oxygens (including phenoxy) is 1. The highest BCUT2D eigenvalue weighted by atomic mass is 16.5. The molecule has 0 N–H and O–H groups in total. The molecule has 0 saturated heterocycles. The lowest BCUT2D eigenvalue weighted by Crippen LogP contribution is -2.28. The molecule has 0 aliphatic heterocycles. The van der Waals surface area contributed by atoms with Crippen LogP contribution in [0.4, 0.5) is 0 Å². The second-order valence-corrected chi connectivity index (χ2v) is 17.8. The zero-order chi connectivity index (χ0) is 42.5. The quantitative estimate of drug-likeness (QED) is 0.163. The van der Waals surface area contributed by atoms with Gasteiger partial charge in [-0.1, -0.05) is 170 Å². The molecule has 2 aliphatic carbocycles. The lowest BCUT2D eigenvalue weighted by Gasteiger charge is -2.34. The van der Waals surface area contributed by atoms with Crippen LogP contribution >= 0.6 is 0 Å². The molecule has 0 amide bonds. The molecule has 0 atom stereocenters. The Morgan fingerprint density at radius 2 is 0.556 bits per heavy atom. The third-order valence-electron chi connectivity index (χ3n) is 14.5. The molecule has 0 bridgehead atoms. The van der Waals surface area contributed by atoms with Crippen LogP contribution in [0, 0.1) is 27.7 Å². The molecule has 0 spiro atoms. The van der Waals surface area contributed by atoms with Crippen molar-refractivity contribution in [1.29, 1.82) is 0 Å². The molecule has 0 saturated carbocycles. The van der Waals surface area contributed by atoms with E-state index < -0.39 is 10.8 Å². The van der Waals surface area contributed by atoms with Crippen molar-refractivity contribution in [2.45, 2.75) is 38.5 Å². The highest BCUT2D eigenvalue weighted by molar-refractivity contribution is 5.92. The van der Waals surface area contributed by atoms with Crippen LogP contribution in [0.2, 0.25) is 0 Å². The van der Waals surface area contributed by atoms with Crippen LogP contribution in [0.15, 0.2) is 206 Å². The van der Waals surface area contributed by atoms with Crippen molar-refractivity contribution in [2.75, 3.05) is 0 Å². The molecular weight excluding hydrogens is 761 g/mol. The Morgan fingerprint density at radius 1 is 0.270 bits per heavy atom. The van der Waals surface area contributed by atoms with Gasteiger partial charge in [-0.25, -0.2) is 0 Å². The van der Waals surface area contributed by atoms with Crippen molar-refractivity contribution < 1.29 is 4.74 Å². The van der Waals surface area contributed by atoms with Crippen LogP contribution in [-0.4, -0.2) is 0 Å². The van der Waals surface area contributed by atoms with Crippen LogP contribution in [0.5, 0.6) is 11.5 Å². The first kappa shape index (κ1) is 37.3. The summed E-state index contributed by atoms with van der Waals surface area (Å²) in [6, 6.07) is 76.9.